The highest BCUT2D eigenvalue weighted by molar-refractivity contribution is 9.09. The fraction of sp³-hybridized carbons (Fsp3) is 1.00. The van der Waals surface area contributed by atoms with Crippen LogP contribution in [0.3, 0.4) is 0 Å². The van der Waals surface area contributed by atoms with Crippen molar-refractivity contribution in [3.63, 3.8) is 0 Å². The number of hydrogen-bond donors (Lipinski definition) is 0. The molecule has 0 bridgehead atoms. The van der Waals surface area contributed by atoms with Crippen LogP contribution in [0.15, 0.2) is 0 Å². The molecule has 0 radical (unpaired) electrons. The third-order valence-electron chi connectivity index (χ3n) is 2.26. The summed E-state index contributed by atoms with van der Waals surface area (Å²) in [6.07, 6.45) is 4.46. The van der Waals surface area contributed by atoms with Gasteiger partial charge in [-0.05, 0) is 31.1 Å². The summed E-state index contributed by atoms with van der Waals surface area (Å²) < 4.78 is 0. The molecular formula is C6H9Br. The fourth-order valence-corrected chi connectivity index (χ4v) is 2.55. The van der Waals surface area contributed by atoms with Crippen LogP contribution in [0.25, 0.3) is 0 Å². The van der Waals surface area contributed by atoms with Crippen molar-refractivity contribution in [2.24, 2.45) is 11.8 Å². The van der Waals surface area contributed by atoms with Gasteiger partial charge in [0.05, 0.1) is 0 Å². The summed E-state index contributed by atoms with van der Waals surface area (Å²) >= 11 is 3.65. The second-order valence-corrected chi connectivity index (χ2v) is 3.93. The van der Waals surface area contributed by atoms with Crippen LogP contribution in [0.1, 0.15) is 19.3 Å². The highest BCUT2D eigenvalue weighted by Crippen LogP contribution is 2.54. The van der Waals surface area contributed by atoms with Crippen molar-refractivity contribution in [2.45, 2.75) is 24.1 Å². The van der Waals surface area contributed by atoms with Gasteiger partial charge in [-0.3, -0.25) is 0 Å². The second-order valence-electron chi connectivity index (χ2n) is 2.75. The molecule has 2 aliphatic rings. The van der Waals surface area contributed by atoms with E-state index in [4.69, 9.17) is 0 Å². The Hall–Kier alpha value is 0.480. The lowest BCUT2D eigenvalue weighted by molar-refractivity contribution is 0.754. The maximum Gasteiger partial charge on any atom is 0.0176 e. The Kier molecular flexibility index (Phi) is 0.780. The summed E-state index contributed by atoms with van der Waals surface area (Å²) in [5.74, 6) is 2.24. The molecule has 0 aliphatic heterocycles. The van der Waals surface area contributed by atoms with Crippen LogP contribution < -0.4 is 0 Å². The molecule has 0 aromatic carbocycles. The van der Waals surface area contributed by atoms with Crippen molar-refractivity contribution >= 4 is 15.9 Å². The molecule has 0 saturated heterocycles. The third-order valence-corrected chi connectivity index (χ3v) is 3.39. The Morgan fingerprint density at radius 1 is 1.29 bits per heavy atom. The zero-order valence-electron chi connectivity index (χ0n) is 4.23. The lowest BCUT2D eigenvalue weighted by Gasteiger charge is -1.95. The molecule has 0 aromatic rings. The van der Waals surface area contributed by atoms with Gasteiger partial charge in [-0.25, -0.2) is 0 Å². The lowest BCUT2D eigenvalue weighted by atomic mass is 10.3. The number of hydrogen-bond acceptors (Lipinski definition) is 0. The van der Waals surface area contributed by atoms with E-state index >= 15 is 0 Å². The van der Waals surface area contributed by atoms with Gasteiger partial charge >= 0.3 is 0 Å². The summed E-state index contributed by atoms with van der Waals surface area (Å²) in [5.41, 5.74) is 0. The molecule has 0 heterocycles. The molecule has 0 spiro atoms. The van der Waals surface area contributed by atoms with Gasteiger partial charge in [-0.15, -0.1) is 0 Å². The predicted molar refractivity (Wildman–Crippen MR) is 33.5 cm³/mol. The Bertz CT molecular complexity index is 90.2. The van der Waals surface area contributed by atoms with Gasteiger partial charge in [0.2, 0.25) is 0 Å². The molecule has 2 aliphatic carbocycles. The first-order valence-electron chi connectivity index (χ1n) is 3.02. The van der Waals surface area contributed by atoms with Gasteiger partial charge in [0.15, 0.2) is 0 Å². The first kappa shape index (κ1) is 4.37. The highest BCUT2D eigenvalue weighted by Gasteiger charge is 2.46. The third kappa shape index (κ3) is 0.543. The van der Waals surface area contributed by atoms with Crippen LogP contribution in [0.2, 0.25) is 0 Å². The van der Waals surface area contributed by atoms with Crippen LogP contribution in [-0.2, 0) is 0 Å². The van der Waals surface area contributed by atoms with E-state index in [1.165, 1.54) is 19.3 Å². The van der Waals surface area contributed by atoms with Gasteiger partial charge in [-0.1, -0.05) is 15.9 Å². The standard InChI is InChI=1S/C6H9Br/c7-6-2-1-4-3-5(4)6/h4-6H,1-3H2/t4-,5+,6-/m1/s1. The molecule has 0 nitrogen and oxygen atoms in total. The first-order valence-corrected chi connectivity index (χ1v) is 3.93. The molecule has 40 valence electrons. The van der Waals surface area contributed by atoms with Crippen molar-refractivity contribution in [3.05, 3.63) is 0 Å². The van der Waals surface area contributed by atoms with Crippen LogP contribution >= 0.6 is 15.9 Å². The van der Waals surface area contributed by atoms with E-state index in [1.807, 2.05) is 0 Å². The van der Waals surface area contributed by atoms with Crippen LogP contribution in [0, 0.1) is 11.8 Å². The zero-order chi connectivity index (χ0) is 4.85. The molecular weight excluding hydrogens is 152 g/mol. The molecule has 0 unspecified atom stereocenters. The van der Waals surface area contributed by atoms with Gasteiger partial charge < -0.3 is 0 Å². The monoisotopic (exact) mass is 160 g/mol. The quantitative estimate of drug-likeness (QED) is 0.477. The predicted octanol–water partition coefficient (Wildman–Crippen LogP) is 2.18. The molecule has 0 aromatic heterocycles. The largest absolute Gasteiger partial charge is 0.0888 e. The number of halogens is 1. The molecule has 0 amide bonds. The average molecular weight is 161 g/mol. The molecule has 1 heteroatoms. The minimum Gasteiger partial charge on any atom is -0.0888 e. The maximum absolute atomic E-state index is 3.65. The minimum absolute atomic E-state index is 0.900. The van der Waals surface area contributed by atoms with E-state index in [0.29, 0.717) is 0 Å². The van der Waals surface area contributed by atoms with E-state index in [2.05, 4.69) is 15.9 Å². The van der Waals surface area contributed by atoms with E-state index in [0.717, 1.165) is 16.7 Å². The van der Waals surface area contributed by atoms with Crippen molar-refractivity contribution < 1.29 is 0 Å². The SMILES string of the molecule is Br[C@@H]1CC[C@@H]2C[C@@H]21. The summed E-state index contributed by atoms with van der Waals surface area (Å²) in [4.78, 5) is 0.900. The Labute approximate surface area is 52.4 Å². The van der Waals surface area contributed by atoms with Gasteiger partial charge in [0.25, 0.3) is 0 Å². The molecule has 0 N–H and O–H groups in total. The van der Waals surface area contributed by atoms with Crippen molar-refractivity contribution in [3.8, 4) is 0 Å². The average Bonchev–Trinajstić information content (AvgIpc) is 2.33. The zero-order valence-corrected chi connectivity index (χ0v) is 5.82. The maximum atomic E-state index is 3.65. The topological polar surface area (TPSA) is 0 Å². The minimum atomic E-state index is 0.900. The Morgan fingerprint density at radius 2 is 2.14 bits per heavy atom. The molecule has 2 rings (SSSR count). The van der Waals surface area contributed by atoms with Gasteiger partial charge in [0.1, 0.15) is 0 Å². The molecule has 2 fully saturated rings. The Morgan fingerprint density at radius 3 is 2.29 bits per heavy atom. The lowest BCUT2D eigenvalue weighted by Crippen LogP contribution is -1.91. The number of alkyl halides is 1. The van der Waals surface area contributed by atoms with Crippen LogP contribution in [-0.4, -0.2) is 4.83 Å². The summed E-state index contributed by atoms with van der Waals surface area (Å²) in [6, 6.07) is 0. The molecule has 7 heavy (non-hydrogen) atoms. The van der Waals surface area contributed by atoms with Crippen LogP contribution in [0.5, 0.6) is 0 Å². The fourth-order valence-electron chi connectivity index (χ4n) is 1.63. The molecule has 2 saturated carbocycles. The Balaban J connectivity index is 2.08. The highest BCUT2D eigenvalue weighted by atomic mass is 79.9. The van der Waals surface area contributed by atoms with E-state index in [-0.39, 0.29) is 0 Å². The van der Waals surface area contributed by atoms with Gasteiger partial charge in [0, 0.05) is 4.83 Å². The first-order chi connectivity index (χ1) is 3.38. The summed E-state index contributed by atoms with van der Waals surface area (Å²) in [5, 5.41) is 0. The normalized spacial score (nSPS) is 57.0. The van der Waals surface area contributed by atoms with E-state index in [9.17, 15) is 0 Å². The smallest absolute Gasteiger partial charge is 0.0176 e. The second kappa shape index (κ2) is 1.25. The summed E-state index contributed by atoms with van der Waals surface area (Å²) in [6.45, 7) is 0. The van der Waals surface area contributed by atoms with Crippen LogP contribution in [0.4, 0.5) is 0 Å². The van der Waals surface area contributed by atoms with E-state index < -0.39 is 0 Å². The van der Waals surface area contributed by atoms with E-state index in [1.54, 1.807) is 0 Å². The van der Waals surface area contributed by atoms with Crippen molar-refractivity contribution in [1.29, 1.82) is 0 Å². The van der Waals surface area contributed by atoms with Crippen molar-refractivity contribution in [2.75, 3.05) is 0 Å². The number of rotatable bonds is 0. The number of fused-ring (bicyclic) bond motifs is 1. The molecule has 3 atom stereocenters. The summed E-state index contributed by atoms with van der Waals surface area (Å²) in [7, 11) is 0. The van der Waals surface area contributed by atoms with Crippen molar-refractivity contribution in [1.82, 2.24) is 0 Å². The van der Waals surface area contributed by atoms with Gasteiger partial charge in [-0.2, -0.15) is 0 Å².